The van der Waals surface area contributed by atoms with Gasteiger partial charge in [0, 0.05) is 18.0 Å². The fraction of sp³-hybridized carbons (Fsp3) is 0.364. The van der Waals surface area contributed by atoms with Crippen molar-refractivity contribution in [2.45, 2.75) is 19.4 Å². The second kappa shape index (κ2) is 8.61. The number of carbonyl (C=O) groups excluding carboxylic acids is 2. The Bertz CT molecular complexity index is 892. The summed E-state index contributed by atoms with van der Waals surface area (Å²) in [5, 5.41) is 2.92. The number of nitrogens with zero attached hydrogens (tertiary/aromatic N) is 1. The van der Waals surface area contributed by atoms with Crippen molar-refractivity contribution >= 4 is 11.7 Å². The summed E-state index contributed by atoms with van der Waals surface area (Å²) < 4.78 is 23.7. The third kappa shape index (κ3) is 4.74. The van der Waals surface area contributed by atoms with E-state index in [1.807, 2.05) is 18.2 Å². The number of rotatable bonds is 6. The van der Waals surface area contributed by atoms with Crippen molar-refractivity contribution in [2.75, 3.05) is 26.4 Å². The van der Waals surface area contributed by atoms with Gasteiger partial charge in [-0.3, -0.25) is 14.5 Å². The molecule has 0 aliphatic carbocycles. The predicted molar refractivity (Wildman–Crippen MR) is 104 cm³/mol. The van der Waals surface area contributed by atoms with E-state index in [0.717, 1.165) is 11.3 Å². The third-order valence-electron chi connectivity index (χ3n) is 5.38. The smallest absolute Gasteiger partial charge is 0.234 e. The molecule has 4 rings (SSSR count). The number of hydrogen-bond acceptors (Lipinski definition) is 5. The third-order valence-corrected chi connectivity index (χ3v) is 5.38. The van der Waals surface area contributed by atoms with Crippen molar-refractivity contribution in [3.63, 3.8) is 0 Å². The number of carbonyl (C=O) groups is 2. The lowest BCUT2D eigenvalue weighted by molar-refractivity contribution is -0.122. The first kappa shape index (κ1) is 19.4. The van der Waals surface area contributed by atoms with E-state index >= 15 is 0 Å². The fourth-order valence-corrected chi connectivity index (χ4v) is 3.71. The zero-order valence-electron chi connectivity index (χ0n) is 16.0. The summed E-state index contributed by atoms with van der Waals surface area (Å²) >= 11 is 0. The largest absolute Gasteiger partial charge is 0.454 e. The Labute approximate surface area is 168 Å². The lowest BCUT2D eigenvalue weighted by atomic mass is 9.89. The molecule has 0 saturated carbocycles. The molecule has 1 amide bonds. The predicted octanol–water partition coefficient (Wildman–Crippen LogP) is 2.77. The minimum atomic E-state index is -0.344. The molecule has 0 unspecified atom stereocenters. The van der Waals surface area contributed by atoms with Gasteiger partial charge >= 0.3 is 0 Å². The molecule has 0 spiro atoms. The monoisotopic (exact) mass is 398 g/mol. The molecule has 0 radical (unpaired) electrons. The van der Waals surface area contributed by atoms with Gasteiger partial charge in [-0.1, -0.05) is 6.07 Å². The molecule has 2 aromatic carbocycles. The molecule has 2 aliphatic heterocycles. The van der Waals surface area contributed by atoms with Crippen LogP contribution in [0.4, 0.5) is 4.39 Å². The number of halogens is 1. The van der Waals surface area contributed by atoms with Crippen LogP contribution < -0.4 is 14.8 Å². The van der Waals surface area contributed by atoms with Crippen molar-refractivity contribution < 1.29 is 23.5 Å². The average molecular weight is 398 g/mol. The molecule has 1 fully saturated rings. The summed E-state index contributed by atoms with van der Waals surface area (Å²) in [6.45, 7) is 2.34. The highest BCUT2D eigenvalue weighted by atomic mass is 19.1. The minimum Gasteiger partial charge on any atom is -0.454 e. The van der Waals surface area contributed by atoms with Crippen LogP contribution in [-0.2, 0) is 11.3 Å². The first-order valence-corrected chi connectivity index (χ1v) is 9.76. The Morgan fingerprint density at radius 2 is 1.76 bits per heavy atom. The quantitative estimate of drug-likeness (QED) is 0.758. The number of amides is 1. The molecular weight excluding hydrogens is 375 g/mol. The molecule has 0 atom stereocenters. The van der Waals surface area contributed by atoms with E-state index < -0.39 is 0 Å². The number of hydrogen-bond donors (Lipinski definition) is 1. The molecule has 152 valence electrons. The Hall–Kier alpha value is -2.93. The Morgan fingerprint density at radius 1 is 1.03 bits per heavy atom. The van der Waals surface area contributed by atoms with Gasteiger partial charge in [-0.15, -0.1) is 0 Å². The number of ether oxygens (including phenoxy) is 2. The topological polar surface area (TPSA) is 67.9 Å². The van der Waals surface area contributed by atoms with E-state index in [1.165, 1.54) is 24.3 Å². The van der Waals surface area contributed by atoms with Crippen LogP contribution in [0.2, 0.25) is 0 Å². The standard InChI is InChI=1S/C22H23FN2O4/c23-18-4-2-16(3-5-18)22(27)17-7-9-25(10-8-17)13-21(26)24-12-15-1-6-19-20(11-15)29-14-28-19/h1-6,11,17H,7-10,12-14H2,(H,24,26). The number of piperidine rings is 1. The molecule has 0 aromatic heterocycles. The molecule has 2 aromatic rings. The Morgan fingerprint density at radius 3 is 2.52 bits per heavy atom. The van der Waals surface area contributed by atoms with Crippen LogP contribution in [0.25, 0.3) is 0 Å². The van der Waals surface area contributed by atoms with Crippen LogP contribution in [0.5, 0.6) is 11.5 Å². The maximum atomic E-state index is 13.0. The summed E-state index contributed by atoms with van der Waals surface area (Å²) in [4.78, 5) is 26.9. The highest BCUT2D eigenvalue weighted by Crippen LogP contribution is 2.32. The first-order valence-electron chi connectivity index (χ1n) is 9.76. The SMILES string of the molecule is O=C(CN1CCC(C(=O)c2ccc(F)cc2)CC1)NCc1ccc2c(c1)OCO2. The van der Waals surface area contributed by atoms with Crippen LogP contribution in [0.15, 0.2) is 42.5 Å². The van der Waals surface area contributed by atoms with Crippen LogP contribution in [0, 0.1) is 11.7 Å². The van der Waals surface area contributed by atoms with Gasteiger partial charge in [-0.05, 0) is 67.9 Å². The number of nitrogens with one attached hydrogen (secondary N) is 1. The number of ketones is 1. The number of fused-ring (bicyclic) bond motifs is 1. The molecule has 6 nitrogen and oxygen atoms in total. The summed E-state index contributed by atoms with van der Waals surface area (Å²) in [7, 11) is 0. The first-order chi connectivity index (χ1) is 14.1. The van der Waals surface area contributed by atoms with E-state index in [9.17, 15) is 14.0 Å². The fourth-order valence-electron chi connectivity index (χ4n) is 3.71. The average Bonchev–Trinajstić information content (AvgIpc) is 3.21. The molecule has 2 heterocycles. The van der Waals surface area contributed by atoms with E-state index in [-0.39, 0.29) is 30.2 Å². The summed E-state index contributed by atoms with van der Waals surface area (Å²) in [5.74, 6) is 1.00. The second-order valence-electron chi connectivity index (χ2n) is 7.39. The van der Waals surface area contributed by atoms with Gasteiger partial charge in [0.25, 0.3) is 0 Å². The van der Waals surface area contributed by atoms with Crippen LogP contribution in [0.1, 0.15) is 28.8 Å². The van der Waals surface area contributed by atoms with Crippen molar-refractivity contribution in [3.05, 3.63) is 59.4 Å². The Kier molecular flexibility index (Phi) is 5.76. The van der Waals surface area contributed by atoms with Gasteiger partial charge in [0.1, 0.15) is 5.82 Å². The number of Topliss-reactive ketones (excluding diaryl/α,β-unsaturated/α-hetero) is 1. The van der Waals surface area contributed by atoms with Crippen LogP contribution >= 0.6 is 0 Å². The van der Waals surface area contributed by atoms with E-state index in [0.29, 0.717) is 50.3 Å². The Balaban J connectivity index is 1.21. The molecule has 2 aliphatic rings. The molecule has 0 bridgehead atoms. The molecular formula is C22H23FN2O4. The van der Waals surface area contributed by atoms with E-state index in [1.54, 1.807) is 0 Å². The van der Waals surface area contributed by atoms with E-state index in [2.05, 4.69) is 10.2 Å². The van der Waals surface area contributed by atoms with Gasteiger partial charge < -0.3 is 14.8 Å². The lowest BCUT2D eigenvalue weighted by Crippen LogP contribution is -2.42. The van der Waals surface area contributed by atoms with Crippen molar-refractivity contribution in [1.29, 1.82) is 0 Å². The number of likely N-dealkylation sites (tertiary alicyclic amines) is 1. The molecule has 29 heavy (non-hydrogen) atoms. The van der Waals surface area contributed by atoms with Gasteiger partial charge in [-0.25, -0.2) is 4.39 Å². The molecule has 7 heteroatoms. The molecule has 1 saturated heterocycles. The normalized spacial score (nSPS) is 16.6. The van der Waals surface area contributed by atoms with Gasteiger partial charge in [0.05, 0.1) is 6.54 Å². The van der Waals surface area contributed by atoms with Crippen LogP contribution in [0.3, 0.4) is 0 Å². The maximum absolute atomic E-state index is 13.0. The zero-order valence-corrected chi connectivity index (χ0v) is 16.0. The van der Waals surface area contributed by atoms with Crippen molar-refractivity contribution in [3.8, 4) is 11.5 Å². The van der Waals surface area contributed by atoms with Crippen LogP contribution in [-0.4, -0.2) is 43.0 Å². The van der Waals surface area contributed by atoms with Gasteiger partial charge in [-0.2, -0.15) is 0 Å². The maximum Gasteiger partial charge on any atom is 0.234 e. The molecule has 1 N–H and O–H groups in total. The minimum absolute atomic E-state index is 0.0500. The summed E-state index contributed by atoms with van der Waals surface area (Å²) in [5.41, 5.74) is 1.50. The van der Waals surface area contributed by atoms with E-state index in [4.69, 9.17) is 9.47 Å². The highest BCUT2D eigenvalue weighted by molar-refractivity contribution is 5.97. The van der Waals surface area contributed by atoms with Gasteiger partial charge in [0.15, 0.2) is 17.3 Å². The second-order valence-corrected chi connectivity index (χ2v) is 7.39. The zero-order chi connectivity index (χ0) is 20.2. The van der Waals surface area contributed by atoms with Crippen molar-refractivity contribution in [1.82, 2.24) is 10.2 Å². The highest BCUT2D eigenvalue weighted by Gasteiger charge is 2.26. The number of benzene rings is 2. The van der Waals surface area contributed by atoms with Crippen molar-refractivity contribution in [2.24, 2.45) is 5.92 Å². The lowest BCUT2D eigenvalue weighted by Gasteiger charge is -2.30. The summed E-state index contributed by atoms with van der Waals surface area (Å²) in [6, 6.07) is 11.3. The van der Waals surface area contributed by atoms with Gasteiger partial charge in [0.2, 0.25) is 12.7 Å². The summed E-state index contributed by atoms with van der Waals surface area (Å²) in [6.07, 6.45) is 1.40.